The summed E-state index contributed by atoms with van der Waals surface area (Å²) in [6.45, 7) is 0.286. The highest BCUT2D eigenvalue weighted by atomic mass is 16.4. The molecule has 0 aliphatic carbocycles. The van der Waals surface area contributed by atoms with Crippen molar-refractivity contribution in [2.75, 3.05) is 6.54 Å². The molecule has 1 unspecified atom stereocenters. The number of aliphatic hydroxyl groups is 1. The van der Waals surface area contributed by atoms with Crippen LogP contribution in [0.5, 0.6) is 0 Å². The molecule has 0 saturated carbocycles. The van der Waals surface area contributed by atoms with Gasteiger partial charge in [0.2, 0.25) is 11.6 Å². The van der Waals surface area contributed by atoms with E-state index >= 15 is 0 Å². The van der Waals surface area contributed by atoms with Crippen LogP contribution >= 0.6 is 0 Å². The van der Waals surface area contributed by atoms with Crippen LogP contribution in [0.1, 0.15) is 18.4 Å². The minimum absolute atomic E-state index is 0.0862. The van der Waals surface area contributed by atoms with Gasteiger partial charge in [0.05, 0.1) is 6.42 Å². The number of carbonyl (C=O) groups is 2. The van der Waals surface area contributed by atoms with Gasteiger partial charge >= 0.3 is 5.97 Å². The quantitative estimate of drug-likeness (QED) is 0.823. The Morgan fingerprint density at radius 2 is 1.94 bits per heavy atom. The number of hydrogen-bond donors (Lipinski definition) is 2. The largest absolute Gasteiger partial charge is 0.478 e. The lowest BCUT2D eigenvalue weighted by atomic mass is 10.1. The highest BCUT2D eigenvalue weighted by Gasteiger charge is 2.48. The van der Waals surface area contributed by atoms with E-state index in [4.69, 9.17) is 5.11 Å². The van der Waals surface area contributed by atoms with Crippen molar-refractivity contribution in [3.05, 3.63) is 35.9 Å². The standard InChI is InChI=1S/C13H15NO4/c15-11(9-10-5-2-1-3-6-10)14-8-4-7-13(14,18)12(16)17/h1-3,5-6,18H,4,7-9H2,(H,16,17). The Morgan fingerprint density at radius 1 is 1.28 bits per heavy atom. The molecule has 1 heterocycles. The molecule has 96 valence electrons. The first-order chi connectivity index (χ1) is 8.54. The van der Waals surface area contributed by atoms with Gasteiger partial charge in [-0.2, -0.15) is 0 Å². The first kappa shape index (κ1) is 12.6. The summed E-state index contributed by atoms with van der Waals surface area (Å²) in [4.78, 5) is 24.1. The van der Waals surface area contributed by atoms with Crippen molar-refractivity contribution in [1.82, 2.24) is 4.90 Å². The average molecular weight is 249 g/mol. The minimum atomic E-state index is -2.04. The summed E-state index contributed by atoms with van der Waals surface area (Å²) >= 11 is 0. The van der Waals surface area contributed by atoms with Crippen molar-refractivity contribution >= 4 is 11.9 Å². The molecular formula is C13H15NO4. The van der Waals surface area contributed by atoms with Crippen molar-refractivity contribution in [2.24, 2.45) is 0 Å². The zero-order valence-corrected chi connectivity index (χ0v) is 9.87. The summed E-state index contributed by atoms with van der Waals surface area (Å²) in [7, 11) is 0. The van der Waals surface area contributed by atoms with Crippen molar-refractivity contribution in [3.63, 3.8) is 0 Å². The van der Waals surface area contributed by atoms with Crippen LogP contribution in [0, 0.1) is 0 Å². The maximum absolute atomic E-state index is 12.0. The van der Waals surface area contributed by atoms with E-state index in [0.29, 0.717) is 6.42 Å². The zero-order chi connectivity index (χ0) is 13.2. The zero-order valence-electron chi connectivity index (χ0n) is 9.87. The van der Waals surface area contributed by atoms with Gasteiger partial charge in [-0.15, -0.1) is 0 Å². The van der Waals surface area contributed by atoms with Gasteiger partial charge in [-0.3, -0.25) is 4.79 Å². The number of carboxylic acid groups (broad SMARTS) is 1. The summed E-state index contributed by atoms with van der Waals surface area (Å²) in [6.07, 6.45) is 0.697. The van der Waals surface area contributed by atoms with Gasteiger partial charge in [0.15, 0.2) is 0 Å². The fourth-order valence-electron chi connectivity index (χ4n) is 2.22. The smallest absolute Gasteiger partial charge is 0.357 e. The Labute approximate surface area is 105 Å². The summed E-state index contributed by atoms with van der Waals surface area (Å²) in [6, 6.07) is 9.07. The SMILES string of the molecule is O=C(Cc1ccccc1)N1CCCC1(O)C(=O)O. The Bertz CT molecular complexity index is 459. The Kier molecular flexibility index (Phi) is 3.34. The first-order valence-electron chi connectivity index (χ1n) is 5.84. The predicted molar refractivity (Wildman–Crippen MR) is 63.7 cm³/mol. The summed E-state index contributed by atoms with van der Waals surface area (Å²) < 4.78 is 0. The molecule has 1 amide bonds. The lowest BCUT2D eigenvalue weighted by molar-refractivity contribution is -0.181. The molecule has 5 nitrogen and oxygen atoms in total. The molecule has 1 saturated heterocycles. The molecule has 1 aromatic carbocycles. The van der Waals surface area contributed by atoms with E-state index < -0.39 is 11.7 Å². The molecule has 1 fully saturated rings. The van der Waals surface area contributed by atoms with Gasteiger partial charge in [-0.25, -0.2) is 4.79 Å². The number of rotatable bonds is 3. The number of aliphatic carboxylic acids is 1. The summed E-state index contributed by atoms with van der Waals surface area (Å²) in [5.74, 6) is -1.72. The van der Waals surface area contributed by atoms with Gasteiger partial charge in [-0.05, 0) is 12.0 Å². The third-order valence-corrected chi connectivity index (χ3v) is 3.20. The number of carboxylic acids is 1. The second kappa shape index (κ2) is 4.78. The van der Waals surface area contributed by atoms with E-state index in [0.717, 1.165) is 10.5 Å². The topological polar surface area (TPSA) is 77.8 Å². The molecular weight excluding hydrogens is 234 g/mol. The Hall–Kier alpha value is -1.88. The number of amides is 1. The van der Waals surface area contributed by atoms with Gasteiger partial charge in [-0.1, -0.05) is 30.3 Å². The van der Waals surface area contributed by atoms with E-state index in [1.54, 1.807) is 12.1 Å². The van der Waals surface area contributed by atoms with Crippen LogP contribution in [0.25, 0.3) is 0 Å². The molecule has 18 heavy (non-hydrogen) atoms. The molecule has 5 heteroatoms. The van der Waals surface area contributed by atoms with Gasteiger partial charge in [0.1, 0.15) is 0 Å². The van der Waals surface area contributed by atoms with Crippen LogP contribution in [-0.2, 0) is 16.0 Å². The fourth-order valence-corrected chi connectivity index (χ4v) is 2.22. The number of hydrogen-bond acceptors (Lipinski definition) is 3. The predicted octanol–water partition coefficient (Wildman–Crippen LogP) is 0.625. The summed E-state index contributed by atoms with van der Waals surface area (Å²) in [5.41, 5.74) is -1.23. The van der Waals surface area contributed by atoms with Crippen molar-refractivity contribution in [2.45, 2.75) is 25.0 Å². The Balaban J connectivity index is 2.12. The number of benzene rings is 1. The van der Waals surface area contributed by atoms with Gasteiger partial charge in [0.25, 0.3) is 0 Å². The lowest BCUT2D eigenvalue weighted by Gasteiger charge is -2.29. The molecule has 1 aromatic rings. The normalized spacial score (nSPS) is 23.1. The van der Waals surface area contributed by atoms with E-state index in [1.165, 1.54) is 0 Å². The fraction of sp³-hybridized carbons (Fsp3) is 0.385. The minimum Gasteiger partial charge on any atom is -0.478 e. The van der Waals surface area contributed by atoms with Crippen LogP contribution in [0.15, 0.2) is 30.3 Å². The first-order valence-corrected chi connectivity index (χ1v) is 5.84. The van der Waals surface area contributed by atoms with Crippen molar-refractivity contribution in [3.8, 4) is 0 Å². The molecule has 0 spiro atoms. The number of likely N-dealkylation sites (tertiary alicyclic amines) is 1. The maximum atomic E-state index is 12.0. The molecule has 0 bridgehead atoms. The van der Waals surface area contributed by atoms with Crippen LogP contribution in [0.4, 0.5) is 0 Å². The lowest BCUT2D eigenvalue weighted by Crippen LogP contribution is -2.53. The second-order valence-corrected chi connectivity index (χ2v) is 4.43. The maximum Gasteiger partial charge on any atom is 0.357 e. The average Bonchev–Trinajstić information content (AvgIpc) is 2.74. The Morgan fingerprint density at radius 3 is 2.56 bits per heavy atom. The molecule has 1 atom stereocenters. The third-order valence-electron chi connectivity index (χ3n) is 3.20. The van der Waals surface area contributed by atoms with E-state index in [1.807, 2.05) is 18.2 Å². The van der Waals surface area contributed by atoms with Crippen LogP contribution < -0.4 is 0 Å². The van der Waals surface area contributed by atoms with Crippen LogP contribution in [0.2, 0.25) is 0 Å². The van der Waals surface area contributed by atoms with Gasteiger partial charge < -0.3 is 15.1 Å². The molecule has 0 radical (unpaired) electrons. The number of nitrogens with zero attached hydrogens (tertiary/aromatic N) is 1. The molecule has 1 aliphatic heterocycles. The highest BCUT2D eigenvalue weighted by Crippen LogP contribution is 2.27. The molecule has 2 N–H and O–H groups in total. The monoisotopic (exact) mass is 249 g/mol. The van der Waals surface area contributed by atoms with Crippen LogP contribution in [-0.4, -0.2) is 39.3 Å². The van der Waals surface area contributed by atoms with Gasteiger partial charge in [0, 0.05) is 13.0 Å². The molecule has 1 aliphatic rings. The van der Waals surface area contributed by atoms with Crippen molar-refractivity contribution < 1.29 is 19.8 Å². The van der Waals surface area contributed by atoms with Crippen LogP contribution in [0.3, 0.4) is 0 Å². The molecule has 2 rings (SSSR count). The van der Waals surface area contributed by atoms with E-state index in [9.17, 15) is 14.7 Å². The summed E-state index contributed by atoms with van der Waals surface area (Å²) in [5, 5.41) is 19.0. The third kappa shape index (κ3) is 2.22. The van der Waals surface area contributed by atoms with E-state index in [2.05, 4.69) is 0 Å². The second-order valence-electron chi connectivity index (χ2n) is 4.43. The highest BCUT2D eigenvalue weighted by molar-refractivity contribution is 5.87. The van der Waals surface area contributed by atoms with E-state index in [-0.39, 0.29) is 25.3 Å². The number of carbonyl (C=O) groups excluding carboxylic acids is 1. The van der Waals surface area contributed by atoms with Crippen molar-refractivity contribution in [1.29, 1.82) is 0 Å². The molecule has 0 aromatic heterocycles.